The highest BCUT2D eigenvalue weighted by atomic mass is 32.1. The molecule has 0 fully saturated rings. The molecule has 3 rings (SSSR count). The van der Waals surface area contributed by atoms with Gasteiger partial charge in [0.2, 0.25) is 0 Å². The van der Waals surface area contributed by atoms with Crippen LogP contribution in [0.1, 0.15) is 44.5 Å². The molecule has 0 radical (unpaired) electrons. The van der Waals surface area contributed by atoms with Crippen LogP contribution in [0.5, 0.6) is 5.75 Å². The number of nitrogens with zero attached hydrogens (tertiary/aromatic N) is 2. The van der Waals surface area contributed by atoms with Crippen molar-refractivity contribution in [2.45, 2.75) is 47.8 Å². The van der Waals surface area contributed by atoms with Crippen molar-refractivity contribution >= 4 is 22.9 Å². The number of anilines is 1. The van der Waals surface area contributed by atoms with Gasteiger partial charge < -0.3 is 10.1 Å². The highest BCUT2D eigenvalue weighted by molar-refractivity contribution is 7.12. The first-order valence-corrected chi connectivity index (χ1v) is 9.88. The molecule has 0 aliphatic rings. The smallest absolute Gasteiger partial charge is 0.265 e. The third-order valence-corrected chi connectivity index (χ3v) is 5.36. The van der Waals surface area contributed by atoms with E-state index in [4.69, 9.17) is 4.74 Å². The number of hydrogen-bond donors (Lipinski definition) is 1. The molecule has 0 bridgehead atoms. The molecule has 1 aromatic carbocycles. The molecule has 0 unspecified atom stereocenters. The van der Waals surface area contributed by atoms with E-state index >= 15 is 0 Å². The van der Waals surface area contributed by atoms with Crippen molar-refractivity contribution in [1.82, 2.24) is 9.78 Å². The first-order valence-electron chi connectivity index (χ1n) is 9.00. The number of hydrogen-bond acceptors (Lipinski definition) is 4. The third-order valence-electron chi connectivity index (χ3n) is 4.38. The summed E-state index contributed by atoms with van der Waals surface area (Å²) in [5.74, 6) is 0.799. The lowest BCUT2D eigenvalue weighted by atomic mass is 10.1. The van der Waals surface area contributed by atoms with Crippen molar-refractivity contribution in [2.75, 3.05) is 5.32 Å². The lowest BCUT2D eigenvalue weighted by Crippen LogP contribution is -2.10. The maximum absolute atomic E-state index is 12.5. The van der Waals surface area contributed by atoms with Crippen LogP contribution in [-0.4, -0.2) is 15.7 Å². The van der Waals surface area contributed by atoms with E-state index in [-0.39, 0.29) is 5.91 Å². The van der Waals surface area contributed by atoms with E-state index in [0.29, 0.717) is 11.5 Å². The Hall–Kier alpha value is -2.60. The average molecular weight is 384 g/mol. The number of aryl methyl sites for hydroxylation is 5. The maximum Gasteiger partial charge on any atom is 0.265 e. The number of nitrogens with one attached hydrogen (secondary N) is 1. The molecule has 2 heterocycles. The summed E-state index contributed by atoms with van der Waals surface area (Å²) >= 11 is 1.42. The molecule has 142 valence electrons. The first-order chi connectivity index (χ1) is 12.9. The van der Waals surface area contributed by atoms with Gasteiger partial charge in [0.05, 0.1) is 16.3 Å². The number of amides is 1. The predicted octanol–water partition coefficient (Wildman–Crippen LogP) is 5.03. The number of thiophene rings is 1. The lowest BCUT2D eigenvalue weighted by Gasteiger charge is -2.12. The summed E-state index contributed by atoms with van der Waals surface area (Å²) in [7, 11) is 0. The fourth-order valence-electron chi connectivity index (χ4n) is 3.11. The van der Waals surface area contributed by atoms with E-state index in [0.717, 1.165) is 40.4 Å². The molecule has 0 saturated carbocycles. The highest BCUT2D eigenvalue weighted by Gasteiger charge is 2.13. The van der Waals surface area contributed by atoms with Gasteiger partial charge in [0.25, 0.3) is 5.91 Å². The van der Waals surface area contributed by atoms with Crippen LogP contribution in [0.25, 0.3) is 0 Å². The van der Waals surface area contributed by atoms with Crippen molar-refractivity contribution in [2.24, 2.45) is 0 Å². The Balaban J connectivity index is 1.66. The Labute approximate surface area is 164 Å². The molecule has 0 saturated heterocycles. The van der Waals surface area contributed by atoms with Gasteiger partial charge in [-0.1, -0.05) is 17.7 Å². The van der Waals surface area contributed by atoms with Gasteiger partial charge in [-0.05, 0) is 57.2 Å². The Morgan fingerprint density at radius 2 is 1.89 bits per heavy atom. The van der Waals surface area contributed by atoms with Crippen LogP contribution in [0.4, 0.5) is 5.69 Å². The van der Waals surface area contributed by atoms with Crippen LogP contribution in [-0.2, 0) is 13.2 Å². The monoisotopic (exact) mass is 383 g/mol. The first kappa shape index (κ1) is 19.2. The van der Waals surface area contributed by atoms with Crippen molar-refractivity contribution in [3.05, 3.63) is 62.6 Å². The molecule has 0 aliphatic carbocycles. The summed E-state index contributed by atoms with van der Waals surface area (Å²) in [5, 5.41) is 9.26. The molecule has 6 heteroatoms. The SMILES string of the molecule is CCn1cc(NC(=O)c2cc(COc3c(C)cc(C)cc3C)cs2)c(C)n1. The summed E-state index contributed by atoms with van der Waals surface area (Å²) in [5.41, 5.74) is 6.04. The van der Waals surface area contributed by atoms with Gasteiger partial charge >= 0.3 is 0 Å². The lowest BCUT2D eigenvalue weighted by molar-refractivity contribution is 0.103. The van der Waals surface area contributed by atoms with Crippen LogP contribution < -0.4 is 10.1 Å². The zero-order chi connectivity index (χ0) is 19.6. The molecule has 0 atom stereocenters. The third kappa shape index (κ3) is 4.39. The normalized spacial score (nSPS) is 10.9. The summed E-state index contributed by atoms with van der Waals surface area (Å²) in [6.07, 6.45) is 1.85. The highest BCUT2D eigenvalue weighted by Crippen LogP contribution is 2.26. The van der Waals surface area contributed by atoms with Gasteiger partial charge in [-0.3, -0.25) is 9.48 Å². The Morgan fingerprint density at radius 3 is 2.52 bits per heavy atom. The quantitative estimate of drug-likeness (QED) is 0.649. The number of ether oxygens (including phenoxy) is 1. The van der Waals surface area contributed by atoms with Crippen LogP contribution in [0, 0.1) is 27.7 Å². The molecular weight excluding hydrogens is 358 g/mol. The number of carbonyl (C=O) groups excluding carboxylic acids is 1. The minimum absolute atomic E-state index is 0.118. The second-order valence-electron chi connectivity index (χ2n) is 6.77. The van der Waals surface area contributed by atoms with E-state index in [1.165, 1.54) is 16.9 Å². The number of benzene rings is 1. The van der Waals surface area contributed by atoms with Gasteiger partial charge in [0.15, 0.2) is 0 Å². The molecule has 1 amide bonds. The van der Waals surface area contributed by atoms with Gasteiger partial charge in [-0.2, -0.15) is 5.10 Å². The number of rotatable bonds is 6. The minimum atomic E-state index is -0.118. The van der Waals surface area contributed by atoms with E-state index in [1.807, 2.05) is 36.2 Å². The van der Waals surface area contributed by atoms with Crippen molar-refractivity contribution in [1.29, 1.82) is 0 Å². The zero-order valence-electron chi connectivity index (χ0n) is 16.4. The maximum atomic E-state index is 12.5. The van der Waals surface area contributed by atoms with Gasteiger partial charge in [-0.25, -0.2) is 0 Å². The Kier molecular flexibility index (Phi) is 5.65. The largest absolute Gasteiger partial charge is 0.488 e. The Bertz CT molecular complexity index is 949. The summed E-state index contributed by atoms with van der Waals surface area (Å²) < 4.78 is 7.83. The van der Waals surface area contributed by atoms with Crippen LogP contribution in [0.2, 0.25) is 0 Å². The molecule has 3 aromatic rings. The zero-order valence-corrected chi connectivity index (χ0v) is 17.2. The average Bonchev–Trinajstić information content (AvgIpc) is 3.21. The predicted molar refractivity (Wildman–Crippen MR) is 110 cm³/mol. The molecule has 1 N–H and O–H groups in total. The second kappa shape index (κ2) is 7.96. The van der Waals surface area contributed by atoms with E-state index in [2.05, 4.69) is 43.3 Å². The van der Waals surface area contributed by atoms with Gasteiger partial charge in [0, 0.05) is 18.3 Å². The summed E-state index contributed by atoms with van der Waals surface area (Å²) in [6.45, 7) is 11.3. The summed E-state index contributed by atoms with van der Waals surface area (Å²) in [6, 6.07) is 6.12. The second-order valence-corrected chi connectivity index (χ2v) is 7.68. The number of aromatic nitrogens is 2. The molecular formula is C21H25N3O2S. The van der Waals surface area contributed by atoms with Crippen LogP contribution in [0.3, 0.4) is 0 Å². The van der Waals surface area contributed by atoms with Gasteiger partial charge in [-0.15, -0.1) is 11.3 Å². The molecule has 0 aliphatic heterocycles. The fourth-order valence-corrected chi connectivity index (χ4v) is 3.90. The molecule has 27 heavy (non-hydrogen) atoms. The molecule has 2 aromatic heterocycles. The van der Waals surface area contributed by atoms with Crippen molar-refractivity contribution in [3.63, 3.8) is 0 Å². The van der Waals surface area contributed by atoms with E-state index in [1.54, 1.807) is 0 Å². The topological polar surface area (TPSA) is 56.2 Å². The minimum Gasteiger partial charge on any atom is -0.488 e. The van der Waals surface area contributed by atoms with Gasteiger partial charge in [0.1, 0.15) is 12.4 Å². The summed E-state index contributed by atoms with van der Waals surface area (Å²) in [4.78, 5) is 13.2. The molecule has 5 nitrogen and oxygen atoms in total. The van der Waals surface area contributed by atoms with Crippen molar-refractivity contribution < 1.29 is 9.53 Å². The number of carbonyl (C=O) groups is 1. The van der Waals surface area contributed by atoms with Crippen LogP contribution in [0.15, 0.2) is 29.8 Å². The van der Waals surface area contributed by atoms with Crippen molar-refractivity contribution in [3.8, 4) is 5.75 Å². The van der Waals surface area contributed by atoms with Crippen LogP contribution >= 0.6 is 11.3 Å². The van der Waals surface area contributed by atoms with E-state index in [9.17, 15) is 4.79 Å². The Morgan fingerprint density at radius 1 is 1.19 bits per heavy atom. The standard InChI is InChI=1S/C21H25N3O2S/c1-6-24-10-18(16(5)23-24)22-21(25)19-9-17(12-27-19)11-26-20-14(3)7-13(2)8-15(20)4/h7-10,12H,6,11H2,1-5H3,(H,22,25). The molecule has 0 spiro atoms. The fraction of sp³-hybridized carbons (Fsp3) is 0.333. The van der Waals surface area contributed by atoms with E-state index < -0.39 is 0 Å².